The van der Waals surface area contributed by atoms with Gasteiger partial charge in [0.2, 0.25) is 0 Å². The van der Waals surface area contributed by atoms with Crippen molar-refractivity contribution in [2.45, 2.75) is 12.5 Å². The first-order chi connectivity index (χ1) is 7.99. The number of nitrogens with zero attached hydrogens (tertiary/aromatic N) is 1. The molecular formula is C11H14ClN3O2. The van der Waals surface area contributed by atoms with Gasteiger partial charge in [0.1, 0.15) is 0 Å². The quantitative estimate of drug-likeness (QED) is 0.675. The molecule has 5 nitrogen and oxygen atoms in total. The smallest absolute Gasteiger partial charge is 0.250 e. The van der Waals surface area contributed by atoms with Crippen molar-refractivity contribution < 1.29 is 9.90 Å². The summed E-state index contributed by atoms with van der Waals surface area (Å²) in [6.07, 6.45) is 0.253. The van der Waals surface area contributed by atoms with Crippen molar-refractivity contribution in [3.05, 3.63) is 22.7 Å². The summed E-state index contributed by atoms with van der Waals surface area (Å²) in [6.45, 7) is 1.09. The molecule has 1 saturated heterocycles. The Bertz CT molecular complexity index is 464. The van der Waals surface area contributed by atoms with E-state index >= 15 is 0 Å². The van der Waals surface area contributed by atoms with Crippen LogP contribution >= 0.6 is 11.6 Å². The van der Waals surface area contributed by atoms with Crippen LogP contribution in [0.4, 0.5) is 11.4 Å². The Kier molecular flexibility index (Phi) is 3.13. The van der Waals surface area contributed by atoms with E-state index in [4.69, 9.17) is 23.1 Å². The number of anilines is 2. The number of carbonyl (C=O) groups excluding carboxylic acids is 1. The van der Waals surface area contributed by atoms with Gasteiger partial charge in [-0.25, -0.2) is 0 Å². The van der Waals surface area contributed by atoms with Crippen LogP contribution in [0.15, 0.2) is 12.1 Å². The summed E-state index contributed by atoms with van der Waals surface area (Å²) in [5.74, 6) is -0.574. The highest BCUT2D eigenvalue weighted by atomic mass is 35.5. The zero-order valence-corrected chi connectivity index (χ0v) is 9.94. The highest BCUT2D eigenvalue weighted by Crippen LogP contribution is 2.34. The molecule has 17 heavy (non-hydrogen) atoms. The number of carbonyl (C=O) groups is 1. The highest BCUT2D eigenvalue weighted by Gasteiger charge is 2.26. The highest BCUT2D eigenvalue weighted by molar-refractivity contribution is 6.34. The lowest BCUT2D eigenvalue weighted by Crippen LogP contribution is -2.25. The minimum atomic E-state index is -0.574. The molecule has 1 atom stereocenters. The maximum Gasteiger partial charge on any atom is 0.250 e. The summed E-state index contributed by atoms with van der Waals surface area (Å²) in [4.78, 5) is 13.2. The molecule has 1 amide bonds. The molecule has 1 unspecified atom stereocenters. The number of halogens is 1. The molecule has 6 heteroatoms. The summed E-state index contributed by atoms with van der Waals surface area (Å²) in [6, 6.07) is 3.09. The first-order valence-electron chi connectivity index (χ1n) is 5.31. The van der Waals surface area contributed by atoms with Crippen molar-refractivity contribution >= 4 is 28.9 Å². The number of amides is 1. The third-order valence-electron chi connectivity index (χ3n) is 2.83. The zero-order chi connectivity index (χ0) is 12.6. The van der Waals surface area contributed by atoms with Gasteiger partial charge in [-0.1, -0.05) is 11.6 Å². The van der Waals surface area contributed by atoms with E-state index in [0.29, 0.717) is 41.5 Å². The molecule has 1 aliphatic heterocycles. The molecule has 1 heterocycles. The van der Waals surface area contributed by atoms with Crippen molar-refractivity contribution in [3.63, 3.8) is 0 Å². The maximum atomic E-state index is 11.4. The molecule has 5 N–H and O–H groups in total. The molecule has 1 aromatic carbocycles. The molecule has 1 fully saturated rings. The summed E-state index contributed by atoms with van der Waals surface area (Å²) >= 11 is 6.10. The van der Waals surface area contributed by atoms with Gasteiger partial charge in [-0.3, -0.25) is 4.79 Å². The molecule has 1 aromatic rings. The minimum Gasteiger partial charge on any atom is -0.399 e. The Labute approximate surface area is 104 Å². The fourth-order valence-corrected chi connectivity index (χ4v) is 2.42. The van der Waals surface area contributed by atoms with Crippen LogP contribution in [0.2, 0.25) is 5.02 Å². The van der Waals surface area contributed by atoms with Crippen LogP contribution in [-0.4, -0.2) is 30.2 Å². The lowest BCUT2D eigenvalue weighted by atomic mass is 10.1. The number of aliphatic hydroxyl groups is 1. The van der Waals surface area contributed by atoms with Crippen LogP contribution in [0.5, 0.6) is 0 Å². The standard InChI is InChI=1S/C11H14ClN3O2/c12-9-4-6(13)3-8(11(14)17)10(9)15-2-1-7(16)5-15/h3-4,7,16H,1-2,5,13H2,(H2,14,17). The summed E-state index contributed by atoms with van der Waals surface area (Å²) in [5, 5.41) is 9.89. The second-order valence-electron chi connectivity index (χ2n) is 4.15. The molecule has 1 aliphatic rings. The maximum absolute atomic E-state index is 11.4. The first kappa shape index (κ1) is 12.0. The van der Waals surface area contributed by atoms with E-state index in [2.05, 4.69) is 0 Å². The fourth-order valence-electron chi connectivity index (χ4n) is 2.07. The van der Waals surface area contributed by atoms with E-state index in [1.807, 2.05) is 4.90 Å². The Hall–Kier alpha value is -1.46. The second-order valence-corrected chi connectivity index (χ2v) is 4.56. The van der Waals surface area contributed by atoms with Crippen LogP contribution in [0.1, 0.15) is 16.8 Å². The monoisotopic (exact) mass is 255 g/mol. The van der Waals surface area contributed by atoms with Crippen LogP contribution < -0.4 is 16.4 Å². The third kappa shape index (κ3) is 2.30. The van der Waals surface area contributed by atoms with Gasteiger partial charge in [-0.05, 0) is 18.6 Å². The van der Waals surface area contributed by atoms with Gasteiger partial charge in [-0.2, -0.15) is 0 Å². The van der Waals surface area contributed by atoms with Crippen molar-refractivity contribution in [2.75, 3.05) is 23.7 Å². The van der Waals surface area contributed by atoms with E-state index in [1.54, 1.807) is 6.07 Å². The molecular weight excluding hydrogens is 242 g/mol. The van der Waals surface area contributed by atoms with Crippen molar-refractivity contribution in [2.24, 2.45) is 5.73 Å². The average molecular weight is 256 g/mol. The Morgan fingerprint density at radius 3 is 2.76 bits per heavy atom. The number of β-amino-alcohol motifs (C(OH)–C–C–N with tert-alkyl or cyclic N) is 1. The van der Waals surface area contributed by atoms with Crippen LogP contribution in [-0.2, 0) is 0 Å². The first-order valence-corrected chi connectivity index (χ1v) is 5.68. The van der Waals surface area contributed by atoms with Crippen LogP contribution in [0.3, 0.4) is 0 Å². The van der Waals surface area contributed by atoms with Gasteiger partial charge in [-0.15, -0.1) is 0 Å². The molecule has 2 rings (SSSR count). The molecule has 0 spiro atoms. The van der Waals surface area contributed by atoms with Crippen molar-refractivity contribution in [1.29, 1.82) is 0 Å². The van der Waals surface area contributed by atoms with E-state index in [9.17, 15) is 9.90 Å². The van der Waals surface area contributed by atoms with Crippen LogP contribution in [0, 0.1) is 0 Å². The Balaban J connectivity index is 2.48. The van der Waals surface area contributed by atoms with Crippen molar-refractivity contribution in [1.82, 2.24) is 0 Å². The molecule has 0 aliphatic carbocycles. The van der Waals surface area contributed by atoms with Crippen molar-refractivity contribution in [3.8, 4) is 0 Å². The summed E-state index contributed by atoms with van der Waals surface area (Å²) < 4.78 is 0. The number of rotatable bonds is 2. The number of hydrogen-bond donors (Lipinski definition) is 3. The normalized spacial score (nSPS) is 19.6. The lowest BCUT2D eigenvalue weighted by Gasteiger charge is -2.22. The number of benzene rings is 1. The molecule has 0 aromatic heterocycles. The minimum absolute atomic E-state index is 0.295. The number of nitrogen functional groups attached to an aromatic ring is 1. The van der Waals surface area contributed by atoms with E-state index in [-0.39, 0.29) is 0 Å². The number of nitrogens with two attached hydrogens (primary N) is 2. The van der Waals surface area contributed by atoms with Gasteiger partial charge < -0.3 is 21.5 Å². The number of hydrogen-bond acceptors (Lipinski definition) is 4. The SMILES string of the molecule is NC(=O)c1cc(N)cc(Cl)c1N1CCC(O)C1. The fraction of sp³-hybridized carbons (Fsp3) is 0.364. The van der Waals surface area contributed by atoms with E-state index in [1.165, 1.54) is 6.07 Å². The van der Waals surface area contributed by atoms with Gasteiger partial charge in [0.25, 0.3) is 5.91 Å². The van der Waals surface area contributed by atoms with E-state index < -0.39 is 12.0 Å². The summed E-state index contributed by atoms with van der Waals surface area (Å²) in [5.41, 5.74) is 12.2. The van der Waals surface area contributed by atoms with Crippen LogP contribution in [0.25, 0.3) is 0 Å². The number of primary amides is 1. The lowest BCUT2D eigenvalue weighted by molar-refractivity contribution is 0.100. The Morgan fingerprint density at radius 1 is 1.53 bits per heavy atom. The predicted octanol–water partition coefficient (Wildman–Crippen LogP) is 0.592. The molecule has 0 radical (unpaired) electrons. The van der Waals surface area contributed by atoms with Gasteiger partial charge in [0.05, 0.1) is 22.4 Å². The molecule has 0 bridgehead atoms. The molecule has 92 valence electrons. The van der Waals surface area contributed by atoms with Gasteiger partial charge >= 0.3 is 0 Å². The summed E-state index contributed by atoms with van der Waals surface area (Å²) in [7, 11) is 0. The largest absolute Gasteiger partial charge is 0.399 e. The van der Waals surface area contributed by atoms with Gasteiger partial charge in [0, 0.05) is 18.8 Å². The topological polar surface area (TPSA) is 92.6 Å². The van der Waals surface area contributed by atoms with Gasteiger partial charge in [0.15, 0.2) is 0 Å². The average Bonchev–Trinajstić information content (AvgIpc) is 2.63. The predicted molar refractivity (Wildman–Crippen MR) is 67.2 cm³/mol. The van der Waals surface area contributed by atoms with E-state index in [0.717, 1.165) is 0 Å². The zero-order valence-electron chi connectivity index (χ0n) is 9.19. The number of aliphatic hydroxyl groups excluding tert-OH is 1. The third-order valence-corrected chi connectivity index (χ3v) is 3.12. The Morgan fingerprint density at radius 2 is 2.24 bits per heavy atom. The molecule has 0 saturated carbocycles. The second kappa shape index (κ2) is 4.43.